The largest absolute Gasteiger partial charge is 0.300 e. The Morgan fingerprint density at radius 3 is 3.07 bits per heavy atom. The summed E-state index contributed by atoms with van der Waals surface area (Å²) in [5, 5.41) is 3.33. The third-order valence-electron chi connectivity index (χ3n) is 1.60. The molecule has 6 heteroatoms. The molecular weight excluding hydrogens is 200 g/mol. The molecule has 14 heavy (non-hydrogen) atoms. The van der Waals surface area contributed by atoms with Crippen LogP contribution in [0.5, 0.6) is 0 Å². The molecule has 1 amide bonds. The maximum absolute atomic E-state index is 11.5. The number of carbonyl (C=O) groups is 1. The Morgan fingerprint density at radius 1 is 1.50 bits per heavy atom. The summed E-state index contributed by atoms with van der Waals surface area (Å²) in [6, 6.07) is 0. The monoisotopic (exact) mass is 208 g/mol. The van der Waals surface area contributed by atoms with Crippen molar-refractivity contribution in [3.63, 3.8) is 0 Å². The number of hydrogen-bond donors (Lipinski definition) is 1. The summed E-state index contributed by atoms with van der Waals surface area (Å²) in [4.78, 5) is 23.3. The second kappa shape index (κ2) is 4.19. The maximum atomic E-state index is 11.5. The van der Waals surface area contributed by atoms with Crippen molar-refractivity contribution in [3.05, 3.63) is 24.3 Å². The molecule has 1 aliphatic heterocycles. The molecule has 0 bridgehead atoms. The fourth-order valence-electron chi connectivity index (χ4n) is 0.988. The SMILES string of the molecule is O=C(NC1=NCCS1)c1cnccn1. The van der Waals surface area contributed by atoms with Gasteiger partial charge < -0.3 is 0 Å². The van der Waals surface area contributed by atoms with E-state index in [1.165, 1.54) is 30.4 Å². The maximum Gasteiger partial charge on any atom is 0.277 e. The molecule has 72 valence electrons. The predicted molar refractivity (Wildman–Crippen MR) is 54.3 cm³/mol. The van der Waals surface area contributed by atoms with E-state index in [9.17, 15) is 4.79 Å². The Hall–Kier alpha value is -1.43. The van der Waals surface area contributed by atoms with Crippen molar-refractivity contribution in [1.82, 2.24) is 15.3 Å². The first-order valence-electron chi connectivity index (χ1n) is 4.11. The molecular formula is C8H8N4OS. The van der Waals surface area contributed by atoms with Gasteiger partial charge in [-0.3, -0.25) is 20.1 Å². The van der Waals surface area contributed by atoms with Crippen LogP contribution in [0.4, 0.5) is 0 Å². The summed E-state index contributed by atoms with van der Waals surface area (Å²) in [6.07, 6.45) is 4.44. The highest BCUT2D eigenvalue weighted by Crippen LogP contribution is 2.09. The lowest BCUT2D eigenvalue weighted by Crippen LogP contribution is -2.28. The first-order chi connectivity index (χ1) is 6.86. The van der Waals surface area contributed by atoms with Crippen LogP contribution in [-0.2, 0) is 0 Å². The lowest BCUT2D eigenvalue weighted by molar-refractivity contribution is 0.0972. The van der Waals surface area contributed by atoms with Crippen molar-refractivity contribution in [2.75, 3.05) is 12.3 Å². The molecule has 0 aromatic carbocycles. The number of thioether (sulfide) groups is 1. The molecule has 1 aliphatic rings. The molecule has 1 N–H and O–H groups in total. The zero-order valence-corrected chi connectivity index (χ0v) is 8.12. The van der Waals surface area contributed by atoms with Crippen molar-refractivity contribution in [3.8, 4) is 0 Å². The van der Waals surface area contributed by atoms with E-state index in [1.807, 2.05) is 0 Å². The van der Waals surface area contributed by atoms with Crippen LogP contribution in [0.1, 0.15) is 10.5 Å². The number of amidine groups is 1. The Kier molecular flexibility index (Phi) is 2.73. The van der Waals surface area contributed by atoms with E-state index in [0.717, 1.165) is 12.3 Å². The number of aromatic nitrogens is 2. The van der Waals surface area contributed by atoms with Gasteiger partial charge in [-0.1, -0.05) is 11.8 Å². The summed E-state index contributed by atoms with van der Waals surface area (Å²) in [7, 11) is 0. The van der Waals surface area contributed by atoms with Gasteiger partial charge in [0.15, 0.2) is 5.17 Å². The average Bonchev–Trinajstić information content (AvgIpc) is 2.72. The molecule has 0 saturated carbocycles. The fraction of sp³-hybridized carbons (Fsp3) is 0.250. The first-order valence-corrected chi connectivity index (χ1v) is 5.09. The minimum absolute atomic E-state index is 0.258. The number of nitrogens with one attached hydrogen (secondary N) is 1. The molecule has 2 rings (SSSR count). The summed E-state index contributed by atoms with van der Waals surface area (Å²) in [5.74, 6) is 0.669. The number of amides is 1. The van der Waals surface area contributed by atoms with Crippen molar-refractivity contribution in [1.29, 1.82) is 0 Å². The summed E-state index contributed by atoms with van der Waals surface area (Å²) < 4.78 is 0. The minimum atomic E-state index is -0.258. The number of nitrogens with zero attached hydrogens (tertiary/aromatic N) is 3. The molecule has 1 aromatic rings. The minimum Gasteiger partial charge on any atom is -0.300 e. The molecule has 0 saturated heterocycles. The number of aliphatic imine (C=N–C) groups is 1. The van der Waals surface area contributed by atoms with Gasteiger partial charge in [-0.2, -0.15) is 0 Å². The van der Waals surface area contributed by atoms with E-state index in [-0.39, 0.29) is 5.91 Å². The zero-order chi connectivity index (χ0) is 9.80. The second-order valence-electron chi connectivity index (χ2n) is 2.58. The average molecular weight is 208 g/mol. The van der Waals surface area contributed by atoms with Crippen molar-refractivity contribution < 1.29 is 4.79 Å². The lowest BCUT2D eigenvalue weighted by atomic mass is 10.4. The lowest BCUT2D eigenvalue weighted by Gasteiger charge is -2.01. The molecule has 0 atom stereocenters. The molecule has 0 radical (unpaired) electrons. The van der Waals surface area contributed by atoms with Gasteiger partial charge >= 0.3 is 0 Å². The van der Waals surface area contributed by atoms with Crippen LogP contribution in [0.25, 0.3) is 0 Å². The van der Waals surface area contributed by atoms with Crippen LogP contribution in [0.15, 0.2) is 23.6 Å². The van der Waals surface area contributed by atoms with E-state index in [1.54, 1.807) is 0 Å². The molecule has 0 fully saturated rings. The summed E-state index contributed by atoms with van der Waals surface area (Å²) >= 11 is 1.54. The number of carbonyl (C=O) groups excluding carboxylic acids is 1. The van der Waals surface area contributed by atoms with Gasteiger partial charge in [0.05, 0.1) is 12.7 Å². The standard InChI is InChI=1S/C8H8N4OS/c13-7(6-5-9-1-2-10-6)12-8-11-3-4-14-8/h1-2,5H,3-4H2,(H,11,12,13). The van der Waals surface area contributed by atoms with Crippen molar-refractivity contribution >= 4 is 22.8 Å². The van der Waals surface area contributed by atoms with E-state index in [4.69, 9.17) is 0 Å². The van der Waals surface area contributed by atoms with E-state index < -0.39 is 0 Å². The normalized spacial score (nSPS) is 15.0. The Balaban J connectivity index is 2.03. The van der Waals surface area contributed by atoms with Crippen LogP contribution in [0.3, 0.4) is 0 Å². The van der Waals surface area contributed by atoms with Gasteiger partial charge in [0.2, 0.25) is 0 Å². The third-order valence-corrected chi connectivity index (χ3v) is 2.49. The number of hydrogen-bond acceptors (Lipinski definition) is 5. The van der Waals surface area contributed by atoms with Crippen LogP contribution in [0.2, 0.25) is 0 Å². The molecule has 0 unspecified atom stereocenters. The topological polar surface area (TPSA) is 67.2 Å². The molecule has 1 aromatic heterocycles. The van der Waals surface area contributed by atoms with Crippen molar-refractivity contribution in [2.45, 2.75) is 0 Å². The van der Waals surface area contributed by atoms with E-state index >= 15 is 0 Å². The van der Waals surface area contributed by atoms with Crippen molar-refractivity contribution in [2.24, 2.45) is 4.99 Å². The Bertz CT molecular complexity index is 365. The van der Waals surface area contributed by atoms with E-state index in [0.29, 0.717) is 10.9 Å². The predicted octanol–water partition coefficient (Wildman–Crippen LogP) is 0.309. The zero-order valence-electron chi connectivity index (χ0n) is 7.30. The third kappa shape index (κ3) is 2.08. The highest BCUT2D eigenvalue weighted by Gasteiger charge is 2.12. The van der Waals surface area contributed by atoms with Gasteiger partial charge in [0.25, 0.3) is 5.91 Å². The molecule has 0 aliphatic carbocycles. The Morgan fingerprint density at radius 2 is 2.43 bits per heavy atom. The van der Waals surface area contributed by atoms with Gasteiger partial charge in [-0.05, 0) is 0 Å². The fourth-order valence-corrected chi connectivity index (χ4v) is 1.71. The quantitative estimate of drug-likeness (QED) is 0.721. The first kappa shape index (κ1) is 9.14. The van der Waals surface area contributed by atoms with Crippen LogP contribution in [-0.4, -0.2) is 33.3 Å². The number of rotatable bonds is 1. The van der Waals surface area contributed by atoms with Gasteiger partial charge in [0.1, 0.15) is 5.69 Å². The van der Waals surface area contributed by atoms with Gasteiger partial charge in [-0.15, -0.1) is 0 Å². The van der Waals surface area contributed by atoms with E-state index in [2.05, 4.69) is 20.3 Å². The van der Waals surface area contributed by atoms with Gasteiger partial charge in [-0.25, -0.2) is 4.98 Å². The summed E-state index contributed by atoms with van der Waals surface area (Å²) in [6.45, 7) is 0.765. The van der Waals surface area contributed by atoms with Gasteiger partial charge in [0, 0.05) is 18.1 Å². The molecule has 2 heterocycles. The molecule has 0 spiro atoms. The molecule has 5 nitrogen and oxygen atoms in total. The van der Waals surface area contributed by atoms with Crippen LogP contribution in [0, 0.1) is 0 Å². The second-order valence-corrected chi connectivity index (χ2v) is 3.66. The summed E-state index contributed by atoms with van der Waals surface area (Å²) in [5.41, 5.74) is 0.308. The Labute approximate surface area is 85.1 Å². The highest BCUT2D eigenvalue weighted by molar-refractivity contribution is 8.14. The highest BCUT2D eigenvalue weighted by atomic mass is 32.2. The van der Waals surface area contributed by atoms with Crippen LogP contribution >= 0.6 is 11.8 Å². The van der Waals surface area contributed by atoms with Crippen LogP contribution < -0.4 is 5.32 Å². The smallest absolute Gasteiger partial charge is 0.277 e.